The molecule has 2 N–H and O–H groups in total. The van der Waals surface area contributed by atoms with Crippen molar-refractivity contribution in [3.63, 3.8) is 0 Å². The molecule has 0 amide bonds. The van der Waals surface area contributed by atoms with E-state index in [0.29, 0.717) is 16.3 Å². The fraction of sp³-hybridized carbons (Fsp3) is 0.118. The van der Waals surface area contributed by atoms with Crippen molar-refractivity contribution in [2.24, 2.45) is 10.9 Å². The summed E-state index contributed by atoms with van der Waals surface area (Å²) < 4.78 is 11.1. The molecule has 0 aliphatic carbocycles. The summed E-state index contributed by atoms with van der Waals surface area (Å²) in [6.07, 6.45) is 0. The second-order valence-corrected chi connectivity index (χ2v) is 5.97. The third kappa shape index (κ3) is 3.69. The van der Waals surface area contributed by atoms with E-state index < -0.39 is 5.97 Å². The number of carbonyl (C=O) groups is 1. The highest BCUT2D eigenvalue weighted by Gasteiger charge is 2.11. The van der Waals surface area contributed by atoms with Gasteiger partial charge in [-0.15, -0.1) is 11.3 Å². The molecule has 0 unspecified atom stereocenters. The molecule has 0 saturated heterocycles. The van der Waals surface area contributed by atoms with Crippen molar-refractivity contribution >= 4 is 33.4 Å². The number of fused-ring (bicyclic) bond motifs is 1. The molecule has 0 bridgehead atoms. The Morgan fingerprint density at radius 2 is 1.76 bits per heavy atom. The van der Waals surface area contributed by atoms with Crippen molar-refractivity contribution in [2.45, 2.75) is 0 Å². The molecular weight excluding hydrogens is 342 g/mol. The Kier molecular flexibility index (Phi) is 4.80. The van der Waals surface area contributed by atoms with Gasteiger partial charge in [-0.25, -0.2) is 9.78 Å². The predicted molar refractivity (Wildman–Crippen MR) is 95.3 cm³/mol. The number of carbonyl (C=O) groups excluding carboxylic acids is 1. The zero-order valence-electron chi connectivity index (χ0n) is 13.6. The maximum Gasteiger partial charge on any atom is 0.365 e. The van der Waals surface area contributed by atoms with Crippen LogP contribution < -0.4 is 15.2 Å². The fourth-order valence-corrected chi connectivity index (χ4v) is 2.94. The molecule has 1 aromatic heterocycles. The van der Waals surface area contributed by atoms with Crippen LogP contribution in [0.15, 0.2) is 47.6 Å². The lowest BCUT2D eigenvalue weighted by atomic mass is 10.2. The first-order valence-corrected chi connectivity index (χ1v) is 8.06. The van der Waals surface area contributed by atoms with Crippen LogP contribution in [0.4, 0.5) is 0 Å². The van der Waals surface area contributed by atoms with E-state index >= 15 is 0 Å². The summed E-state index contributed by atoms with van der Waals surface area (Å²) in [5.41, 5.74) is 6.97. The zero-order chi connectivity index (χ0) is 17.8. The van der Waals surface area contributed by atoms with E-state index in [1.54, 1.807) is 38.5 Å². The van der Waals surface area contributed by atoms with Crippen LogP contribution in [-0.2, 0) is 4.84 Å². The number of nitrogens with two attached hydrogens (primary N) is 1. The minimum absolute atomic E-state index is 0.0297. The molecule has 128 valence electrons. The second-order valence-electron chi connectivity index (χ2n) is 4.94. The zero-order valence-corrected chi connectivity index (χ0v) is 14.4. The van der Waals surface area contributed by atoms with E-state index in [4.69, 9.17) is 20.0 Å². The lowest BCUT2D eigenvalue weighted by Gasteiger charge is -2.01. The number of amidine groups is 1. The number of ether oxygens (including phenoxy) is 2. The highest BCUT2D eigenvalue weighted by Crippen LogP contribution is 2.26. The molecule has 0 aliphatic heterocycles. The van der Waals surface area contributed by atoms with Crippen LogP contribution in [-0.4, -0.2) is 31.0 Å². The SMILES string of the molecule is COc1ccc(C(=O)O/N=C(\N)c2nc3ccc(OC)cc3s2)cc1. The lowest BCUT2D eigenvalue weighted by Crippen LogP contribution is -2.15. The number of hydrogen-bond donors (Lipinski definition) is 1. The number of oxime groups is 1. The highest BCUT2D eigenvalue weighted by molar-refractivity contribution is 7.20. The Hall–Kier alpha value is -3.13. The third-order valence-electron chi connectivity index (χ3n) is 3.37. The van der Waals surface area contributed by atoms with Crippen LogP contribution in [0.5, 0.6) is 11.5 Å². The number of benzene rings is 2. The molecule has 3 rings (SSSR count). The van der Waals surface area contributed by atoms with Crippen LogP contribution >= 0.6 is 11.3 Å². The summed E-state index contributed by atoms with van der Waals surface area (Å²) in [7, 11) is 3.14. The Labute approximate surface area is 147 Å². The Morgan fingerprint density at radius 1 is 1.08 bits per heavy atom. The van der Waals surface area contributed by atoms with Gasteiger partial charge in [0.25, 0.3) is 0 Å². The number of hydrogen-bond acceptors (Lipinski definition) is 7. The first kappa shape index (κ1) is 16.7. The summed E-state index contributed by atoms with van der Waals surface area (Å²) in [5, 5.41) is 4.15. The highest BCUT2D eigenvalue weighted by atomic mass is 32.1. The van der Waals surface area contributed by atoms with Crippen LogP contribution in [0.2, 0.25) is 0 Å². The summed E-state index contributed by atoms with van der Waals surface area (Å²) in [5.74, 6) is 0.782. The molecule has 2 aromatic carbocycles. The number of rotatable bonds is 5. The van der Waals surface area contributed by atoms with Gasteiger partial charge in [-0.3, -0.25) is 0 Å². The van der Waals surface area contributed by atoms with E-state index in [1.165, 1.54) is 11.3 Å². The van der Waals surface area contributed by atoms with Crippen molar-refractivity contribution in [2.75, 3.05) is 14.2 Å². The second kappa shape index (κ2) is 7.18. The lowest BCUT2D eigenvalue weighted by molar-refractivity contribution is 0.0516. The van der Waals surface area contributed by atoms with Gasteiger partial charge in [0.1, 0.15) is 11.5 Å². The molecule has 0 atom stereocenters. The van der Waals surface area contributed by atoms with Gasteiger partial charge in [0.2, 0.25) is 0 Å². The summed E-state index contributed by atoms with van der Waals surface area (Å²) in [6, 6.07) is 12.0. The number of thiazole rings is 1. The molecule has 1 heterocycles. The smallest absolute Gasteiger partial charge is 0.365 e. The minimum atomic E-state index is -0.617. The Morgan fingerprint density at radius 3 is 2.44 bits per heavy atom. The molecule has 0 aliphatic rings. The third-order valence-corrected chi connectivity index (χ3v) is 4.41. The summed E-state index contributed by atoms with van der Waals surface area (Å²) in [4.78, 5) is 21.2. The average molecular weight is 357 g/mol. The van der Waals surface area contributed by atoms with Gasteiger partial charge in [0.05, 0.1) is 30.0 Å². The average Bonchev–Trinajstić information content (AvgIpc) is 3.09. The van der Waals surface area contributed by atoms with E-state index in [1.807, 2.05) is 18.2 Å². The molecule has 0 spiro atoms. The van der Waals surface area contributed by atoms with Crippen LogP contribution in [0.25, 0.3) is 10.2 Å². The van der Waals surface area contributed by atoms with E-state index in [-0.39, 0.29) is 5.84 Å². The molecule has 7 nitrogen and oxygen atoms in total. The van der Waals surface area contributed by atoms with E-state index in [9.17, 15) is 4.79 Å². The monoisotopic (exact) mass is 357 g/mol. The van der Waals surface area contributed by atoms with E-state index in [2.05, 4.69) is 10.1 Å². The van der Waals surface area contributed by atoms with E-state index in [0.717, 1.165) is 16.0 Å². The number of aromatic nitrogens is 1. The van der Waals surface area contributed by atoms with Gasteiger partial charge < -0.3 is 20.0 Å². The van der Waals surface area contributed by atoms with Gasteiger partial charge in [-0.2, -0.15) is 0 Å². The number of nitrogens with zero attached hydrogens (tertiary/aromatic N) is 2. The summed E-state index contributed by atoms with van der Waals surface area (Å²) >= 11 is 1.33. The molecule has 0 radical (unpaired) electrons. The molecule has 3 aromatic rings. The van der Waals surface area contributed by atoms with Crippen molar-refractivity contribution < 1.29 is 19.1 Å². The van der Waals surface area contributed by atoms with Crippen molar-refractivity contribution in [3.8, 4) is 11.5 Å². The standard InChI is InChI=1S/C17H15N3O4S/c1-22-11-5-3-10(4-6-11)17(21)24-20-15(18)16-19-13-8-7-12(23-2)9-14(13)25-16/h3-9H,1-2H3,(H2,18,20). The first-order chi connectivity index (χ1) is 12.1. The van der Waals surface area contributed by atoms with Crippen LogP contribution in [0.1, 0.15) is 15.4 Å². The quantitative estimate of drug-likeness (QED) is 0.326. The minimum Gasteiger partial charge on any atom is -0.497 e. The van der Waals surface area contributed by atoms with Crippen LogP contribution in [0.3, 0.4) is 0 Å². The van der Waals surface area contributed by atoms with Gasteiger partial charge in [0, 0.05) is 0 Å². The number of methoxy groups -OCH3 is 2. The maximum absolute atomic E-state index is 12.0. The molecule has 8 heteroatoms. The van der Waals surface area contributed by atoms with Crippen LogP contribution in [0, 0.1) is 0 Å². The largest absolute Gasteiger partial charge is 0.497 e. The predicted octanol–water partition coefficient (Wildman–Crippen LogP) is 2.79. The Balaban J connectivity index is 1.75. The first-order valence-electron chi connectivity index (χ1n) is 7.24. The topological polar surface area (TPSA) is 96.0 Å². The summed E-state index contributed by atoms with van der Waals surface area (Å²) in [6.45, 7) is 0. The van der Waals surface area contributed by atoms with Crippen molar-refractivity contribution in [1.29, 1.82) is 0 Å². The maximum atomic E-state index is 12.0. The fourth-order valence-electron chi connectivity index (χ4n) is 2.05. The molecule has 25 heavy (non-hydrogen) atoms. The van der Waals surface area contributed by atoms with Gasteiger partial charge in [-0.05, 0) is 42.5 Å². The molecule has 0 fully saturated rings. The van der Waals surface area contributed by atoms with Gasteiger partial charge in [-0.1, -0.05) is 5.16 Å². The van der Waals surface area contributed by atoms with Gasteiger partial charge >= 0.3 is 5.97 Å². The Bertz CT molecular complexity index is 935. The molecular formula is C17H15N3O4S. The molecule has 0 saturated carbocycles. The van der Waals surface area contributed by atoms with Crippen molar-refractivity contribution in [3.05, 3.63) is 53.0 Å². The van der Waals surface area contributed by atoms with Crippen molar-refractivity contribution in [1.82, 2.24) is 4.98 Å². The normalized spacial score (nSPS) is 11.4. The van der Waals surface area contributed by atoms with Gasteiger partial charge in [0.15, 0.2) is 10.8 Å².